The zero-order valence-corrected chi connectivity index (χ0v) is 9.87. The van der Waals surface area contributed by atoms with Crippen molar-refractivity contribution in [3.63, 3.8) is 0 Å². The fourth-order valence-corrected chi connectivity index (χ4v) is 1.54. The first-order chi connectivity index (χ1) is 9.06. The molecule has 0 radical (unpaired) electrons. The highest BCUT2D eigenvalue weighted by molar-refractivity contribution is 5.90. The molecular weight excluding hydrogens is 246 g/mol. The number of carboxylic acid groups (broad SMARTS) is 1. The van der Waals surface area contributed by atoms with Gasteiger partial charge in [0.2, 0.25) is 11.7 Å². The number of aromatic carboxylic acids is 1. The summed E-state index contributed by atoms with van der Waals surface area (Å²) in [6, 6.07) is 10.1. The van der Waals surface area contributed by atoms with Crippen molar-refractivity contribution in [1.29, 1.82) is 0 Å². The largest absolute Gasteiger partial charge is 0.475 e. The lowest BCUT2D eigenvalue weighted by Crippen LogP contribution is -2.04. The smallest absolute Gasteiger partial charge is 0.371 e. The second-order valence-electron chi connectivity index (χ2n) is 3.83. The van der Waals surface area contributed by atoms with E-state index in [9.17, 15) is 9.59 Å². The molecule has 5 heteroatoms. The highest BCUT2D eigenvalue weighted by Gasteiger charge is 2.09. The van der Waals surface area contributed by atoms with Crippen molar-refractivity contribution in [2.75, 3.05) is 0 Å². The first kappa shape index (κ1) is 12.6. The van der Waals surface area contributed by atoms with Crippen LogP contribution in [-0.4, -0.2) is 17.0 Å². The molecule has 0 saturated carbocycles. The van der Waals surface area contributed by atoms with Crippen LogP contribution in [0.2, 0.25) is 0 Å². The molecule has 0 unspecified atom stereocenters. The lowest BCUT2D eigenvalue weighted by atomic mass is 10.1. The summed E-state index contributed by atoms with van der Waals surface area (Å²) in [5.74, 6) is -1.25. The molecule has 5 nitrogen and oxygen atoms in total. The third-order valence-corrected chi connectivity index (χ3v) is 2.45. The highest BCUT2D eigenvalue weighted by atomic mass is 16.4. The van der Waals surface area contributed by atoms with Gasteiger partial charge in [-0.15, -0.1) is 0 Å². The molecule has 96 valence electrons. The third-order valence-electron chi connectivity index (χ3n) is 2.45. The Balaban J connectivity index is 2.22. The second-order valence-corrected chi connectivity index (χ2v) is 3.83. The minimum Gasteiger partial charge on any atom is -0.475 e. The number of carbonyl (C=O) groups excluding carboxylic acids is 1. The van der Waals surface area contributed by atoms with Crippen LogP contribution < -0.4 is 5.73 Å². The third kappa shape index (κ3) is 3.10. The molecule has 1 aromatic heterocycles. The van der Waals surface area contributed by atoms with E-state index in [1.165, 1.54) is 12.1 Å². The molecule has 0 spiro atoms. The average molecular weight is 257 g/mol. The van der Waals surface area contributed by atoms with Crippen LogP contribution >= 0.6 is 0 Å². The summed E-state index contributed by atoms with van der Waals surface area (Å²) in [5, 5.41) is 8.76. The van der Waals surface area contributed by atoms with Crippen molar-refractivity contribution in [1.82, 2.24) is 0 Å². The lowest BCUT2D eigenvalue weighted by Gasteiger charge is -1.98. The average Bonchev–Trinajstić information content (AvgIpc) is 2.86. The van der Waals surface area contributed by atoms with Gasteiger partial charge in [0.15, 0.2) is 0 Å². The number of carbonyl (C=O) groups is 2. The Morgan fingerprint density at radius 2 is 1.79 bits per heavy atom. The summed E-state index contributed by atoms with van der Waals surface area (Å²) < 4.78 is 5.18. The maximum atomic E-state index is 10.7. The fourth-order valence-electron chi connectivity index (χ4n) is 1.54. The molecule has 1 heterocycles. The van der Waals surface area contributed by atoms with E-state index in [0.29, 0.717) is 5.76 Å². The zero-order valence-electron chi connectivity index (χ0n) is 9.87. The minimum absolute atomic E-state index is 0.104. The van der Waals surface area contributed by atoms with Gasteiger partial charge in [0.1, 0.15) is 5.76 Å². The van der Waals surface area contributed by atoms with Gasteiger partial charge in [-0.2, -0.15) is 0 Å². The molecule has 0 atom stereocenters. The Bertz CT molecular complexity index is 638. The fraction of sp³-hybridized carbons (Fsp3) is 0. The normalized spacial score (nSPS) is 10.7. The SMILES string of the molecule is NC(=O)C=Cc1ccc(-c2ccc(C(=O)O)o2)cc1. The summed E-state index contributed by atoms with van der Waals surface area (Å²) >= 11 is 0. The van der Waals surface area contributed by atoms with Gasteiger partial charge >= 0.3 is 5.97 Å². The van der Waals surface area contributed by atoms with Crippen LogP contribution in [-0.2, 0) is 4.79 Å². The molecule has 3 N–H and O–H groups in total. The Kier molecular flexibility index (Phi) is 3.47. The van der Waals surface area contributed by atoms with Gasteiger partial charge in [-0.05, 0) is 23.8 Å². The van der Waals surface area contributed by atoms with Gasteiger partial charge in [-0.25, -0.2) is 4.79 Å². The first-order valence-electron chi connectivity index (χ1n) is 5.47. The summed E-state index contributed by atoms with van der Waals surface area (Å²) in [5.41, 5.74) is 6.56. The minimum atomic E-state index is -1.10. The number of primary amides is 1. The number of benzene rings is 1. The maximum Gasteiger partial charge on any atom is 0.371 e. The molecule has 1 amide bonds. The van der Waals surface area contributed by atoms with E-state index >= 15 is 0 Å². The van der Waals surface area contributed by atoms with Crippen molar-refractivity contribution < 1.29 is 19.1 Å². The van der Waals surface area contributed by atoms with Gasteiger partial charge in [-0.1, -0.05) is 24.3 Å². The molecule has 1 aromatic carbocycles. The summed E-state index contributed by atoms with van der Waals surface area (Å²) in [6.45, 7) is 0. The van der Waals surface area contributed by atoms with Crippen LogP contribution in [0.4, 0.5) is 0 Å². The van der Waals surface area contributed by atoms with Crippen LogP contribution in [0.3, 0.4) is 0 Å². The maximum absolute atomic E-state index is 10.7. The predicted octanol–water partition coefficient (Wildman–Crippen LogP) is 2.14. The number of hydrogen-bond donors (Lipinski definition) is 2. The van der Waals surface area contributed by atoms with Gasteiger partial charge < -0.3 is 15.3 Å². The van der Waals surface area contributed by atoms with Crippen LogP contribution in [0.5, 0.6) is 0 Å². The second kappa shape index (κ2) is 5.22. The quantitative estimate of drug-likeness (QED) is 0.820. The molecule has 0 fully saturated rings. The Morgan fingerprint density at radius 1 is 1.11 bits per heavy atom. The molecule has 0 aliphatic heterocycles. The van der Waals surface area contributed by atoms with Gasteiger partial charge in [0.25, 0.3) is 0 Å². The molecule has 0 bridgehead atoms. The van der Waals surface area contributed by atoms with Crippen molar-refractivity contribution >= 4 is 18.0 Å². The van der Waals surface area contributed by atoms with Crippen LogP contribution in [0.1, 0.15) is 16.1 Å². The lowest BCUT2D eigenvalue weighted by molar-refractivity contribution is -0.113. The number of rotatable bonds is 4. The molecule has 2 rings (SSSR count). The van der Waals surface area contributed by atoms with Gasteiger partial charge in [0.05, 0.1) is 0 Å². The number of nitrogens with two attached hydrogens (primary N) is 1. The molecule has 2 aromatic rings. The van der Waals surface area contributed by atoms with E-state index in [1.54, 1.807) is 36.4 Å². The molecule has 0 saturated heterocycles. The first-order valence-corrected chi connectivity index (χ1v) is 5.47. The number of hydrogen-bond acceptors (Lipinski definition) is 3. The Hall–Kier alpha value is -2.82. The van der Waals surface area contributed by atoms with E-state index in [-0.39, 0.29) is 5.76 Å². The van der Waals surface area contributed by atoms with Crippen LogP contribution in [0.15, 0.2) is 46.9 Å². The standard InChI is InChI=1S/C14H11NO4/c15-13(16)8-3-9-1-4-10(5-2-9)11-6-7-12(19-11)14(17)18/h1-8H,(H2,15,16)(H,17,18). The van der Waals surface area contributed by atoms with E-state index in [1.807, 2.05) is 0 Å². The summed E-state index contributed by atoms with van der Waals surface area (Å²) in [4.78, 5) is 21.3. The topological polar surface area (TPSA) is 93.5 Å². The van der Waals surface area contributed by atoms with Crippen LogP contribution in [0.25, 0.3) is 17.4 Å². The summed E-state index contributed by atoms with van der Waals surface area (Å²) in [6.07, 6.45) is 2.86. The Morgan fingerprint density at radius 3 is 2.32 bits per heavy atom. The number of amides is 1. The van der Waals surface area contributed by atoms with E-state index in [0.717, 1.165) is 11.1 Å². The zero-order chi connectivity index (χ0) is 13.8. The van der Waals surface area contributed by atoms with E-state index in [2.05, 4.69) is 0 Å². The predicted molar refractivity (Wildman–Crippen MR) is 69.3 cm³/mol. The Labute approximate surface area is 109 Å². The monoisotopic (exact) mass is 257 g/mol. The van der Waals surface area contributed by atoms with Crippen molar-refractivity contribution in [2.45, 2.75) is 0 Å². The van der Waals surface area contributed by atoms with Crippen molar-refractivity contribution in [3.8, 4) is 11.3 Å². The van der Waals surface area contributed by atoms with Crippen LogP contribution in [0, 0.1) is 0 Å². The number of carboxylic acids is 1. The summed E-state index contributed by atoms with van der Waals surface area (Å²) in [7, 11) is 0. The molecule has 0 aliphatic carbocycles. The van der Waals surface area contributed by atoms with E-state index in [4.69, 9.17) is 15.3 Å². The molecule has 0 aliphatic rings. The molecular formula is C14H11NO4. The van der Waals surface area contributed by atoms with Gasteiger partial charge in [-0.3, -0.25) is 4.79 Å². The molecule has 19 heavy (non-hydrogen) atoms. The highest BCUT2D eigenvalue weighted by Crippen LogP contribution is 2.22. The van der Waals surface area contributed by atoms with Crippen molar-refractivity contribution in [2.24, 2.45) is 5.73 Å². The van der Waals surface area contributed by atoms with Gasteiger partial charge in [0, 0.05) is 11.6 Å². The number of furan rings is 1. The van der Waals surface area contributed by atoms with Crippen molar-refractivity contribution in [3.05, 3.63) is 53.8 Å². The van der Waals surface area contributed by atoms with E-state index < -0.39 is 11.9 Å².